The van der Waals surface area contributed by atoms with Gasteiger partial charge in [-0.05, 0) is 57.1 Å². The van der Waals surface area contributed by atoms with E-state index in [1.807, 2.05) is 24.3 Å². The van der Waals surface area contributed by atoms with Crippen LogP contribution in [0.15, 0.2) is 47.4 Å². The number of nitrogens with zero attached hydrogens (tertiary/aromatic N) is 3. The molecule has 0 spiro atoms. The van der Waals surface area contributed by atoms with Gasteiger partial charge in [-0.25, -0.2) is 4.98 Å². The largest absolute Gasteiger partial charge is 0.299 e. The van der Waals surface area contributed by atoms with Crippen molar-refractivity contribution in [1.82, 2.24) is 14.3 Å². The molecule has 0 saturated heterocycles. The maximum atomic E-state index is 13.0. The second kappa shape index (κ2) is 7.38. The van der Waals surface area contributed by atoms with E-state index in [1.54, 1.807) is 10.6 Å². The Morgan fingerprint density at radius 3 is 2.67 bits per heavy atom. The molecule has 0 atom stereocenters. The smallest absolute Gasteiger partial charge is 0.262 e. The summed E-state index contributed by atoms with van der Waals surface area (Å²) in [7, 11) is 0. The maximum absolute atomic E-state index is 13.0. The maximum Gasteiger partial charge on any atom is 0.262 e. The first-order valence-corrected chi connectivity index (χ1v) is 9.49. The molecule has 0 unspecified atom stereocenters. The lowest BCUT2D eigenvalue weighted by atomic mass is 10.1. The molecule has 4 rings (SSSR count). The molecule has 0 fully saturated rings. The van der Waals surface area contributed by atoms with Crippen LogP contribution >= 0.6 is 0 Å². The number of fused-ring (bicyclic) bond motifs is 2. The van der Waals surface area contributed by atoms with Crippen LogP contribution in [-0.4, -0.2) is 27.4 Å². The molecule has 4 nitrogen and oxygen atoms in total. The van der Waals surface area contributed by atoms with E-state index < -0.39 is 0 Å². The highest BCUT2D eigenvalue weighted by Gasteiger charge is 2.19. The van der Waals surface area contributed by atoms with E-state index in [2.05, 4.69) is 42.7 Å². The predicted molar refractivity (Wildman–Crippen MR) is 108 cm³/mol. The van der Waals surface area contributed by atoms with Gasteiger partial charge in [-0.15, -0.1) is 0 Å². The van der Waals surface area contributed by atoms with Crippen LogP contribution in [0.25, 0.3) is 5.65 Å². The average Bonchev–Trinajstić information content (AvgIpc) is 2.90. The van der Waals surface area contributed by atoms with Crippen molar-refractivity contribution in [2.24, 2.45) is 0 Å². The number of aryl methyl sites for hydroxylation is 2. The van der Waals surface area contributed by atoms with E-state index in [9.17, 15) is 4.79 Å². The van der Waals surface area contributed by atoms with Crippen molar-refractivity contribution < 1.29 is 0 Å². The van der Waals surface area contributed by atoms with Crippen LogP contribution in [0, 0.1) is 18.8 Å². The minimum atomic E-state index is 0.0494. The Morgan fingerprint density at radius 2 is 1.89 bits per heavy atom. The Labute approximate surface area is 159 Å². The summed E-state index contributed by atoms with van der Waals surface area (Å²) in [6.45, 7) is 6.86. The molecule has 3 aromatic rings. The van der Waals surface area contributed by atoms with Crippen molar-refractivity contribution in [2.45, 2.75) is 33.2 Å². The topological polar surface area (TPSA) is 37.6 Å². The van der Waals surface area contributed by atoms with Crippen LogP contribution in [0.2, 0.25) is 0 Å². The summed E-state index contributed by atoms with van der Waals surface area (Å²) in [5, 5.41) is 0. The molecule has 0 radical (unpaired) electrons. The number of hydrogen-bond acceptors (Lipinski definition) is 3. The normalized spacial score (nSPS) is 14.3. The van der Waals surface area contributed by atoms with Crippen molar-refractivity contribution in [3.8, 4) is 11.8 Å². The first kappa shape index (κ1) is 17.5. The molecule has 1 aromatic carbocycles. The Hall–Kier alpha value is -2.90. The second-order valence-corrected chi connectivity index (χ2v) is 7.07. The van der Waals surface area contributed by atoms with E-state index in [0.717, 1.165) is 48.3 Å². The number of aromatic nitrogens is 2. The van der Waals surface area contributed by atoms with Crippen LogP contribution in [0.1, 0.15) is 41.3 Å². The summed E-state index contributed by atoms with van der Waals surface area (Å²) >= 11 is 0. The SMILES string of the molecule is CCN1CCCc2nc3cc(C#Cc4ccc(C)cc4)ccn3c(=O)c2C1. The first-order valence-electron chi connectivity index (χ1n) is 9.49. The zero-order valence-electron chi connectivity index (χ0n) is 15.8. The number of pyridine rings is 1. The van der Waals surface area contributed by atoms with Gasteiger partial charge in [-0.3, -0.25) is 14.1 Å². The van der Waals surface area contributed by atoms with Crippen LogP contribution < -0.4 is 5.56 Å². The summed E-state index contributed by atoms with van der Waals surface area (Å²) in [5.41, 5.74) is 5.58. The molecule has 4 heteroatoms. The number of benzene rings is 1. The summed E-state index contributed by atoms with van der Waals surface area (Å²) in [6, 6.07) is 11.9. The monoisotopic (exact) mass is 357 g/mol. The fourth-order valence-corrected chi connectivity index (χ4v) is 3.49. The molecule has 3 heterocycles. The molecule has 0 aliphatic carbocycles. The molecule has 2 aromatic heterocycles. The molecular formula is C23H23N3O. The molecule has 0 N–H and O–H groups in total. The lowest BCUT2D eigenvalue weighted by Crippen LogP contribution is -2.28. The van der Waals surface area contributed by atoms with Gasteiger partial charge in [0.2, 0.25) is 0 Å². The molecule has 0 amide bonds. The van der Waals surface area contributed by atoms with Gasteiger partial charge in [0.25, 0.3) is 5.56 Å². The van der Waals surface area contributed by atoms with Gasteiger partial charge in [-0.1, -0.05) is 36.5 Å². The Balaban J connectivity index is 1.73. The van der Waals surface area contributed by atoms with Gasteiger partial charge in [0, 0.05) is 23.9 Å². The molecule has 0 saturated carbocycles. The van der Waals surface area contributed by atoms with Gasteiger partial charge in [0.05, 0.1) is 11.3 Å². The van der Waals surface area contributed by atoms with Gasteiger partial charge in [0.15, 0.2) is 0 Å². The Morgan fingerprint density at radius 1 is 1.11 bits per heavy atom. The minimum Gasteiger partial charge on any atom is -0.299 e. The van der Waals surface area contributed by atoms with Crippen LogP contribution in [-0.2, 0) is 13.0 Å². The lowest BCUT2D eigenvalue weighted by molar-refractivity contribution is 0.283. The predicted octanol–water partition coefficient (Wildman–Crippen LogP) is 3.17. The summed E-state index contributed by atoms with van der Waals surface area (Å²) in [5.74, 6) is 6.37. The lowest BCUT2D eigenvalue weighted by Gasteiger charge is -2.17. The van der Waals surface area contributed by atoms with Crippen molar-refractivity contribution in [2.75, 3.05) is 13.1 Å². The van der Waals surface area contributed by atoms with Crippen molar-refractivity contribution in [3.05, 3.63) is 80.9 Å². The molecule has 1 aliphatic heterocycles. The zero-order valence-corrected chi connectivity index (χ0v) is 15.8. The summed E-state index contributed by atoms with van der Waals surface area (Å²) < 4.78 is 1.65. The Kier molecular flexibility index (Phi) is 4.79. The standard InChI is InChI=1S/C23H23N3O/c1-3-25-13-4-5-21-20(16-25)23(27)26-14-12-19(15-22(26)24-21)11-10-18-8-6-17(2)7-9-18/h6-9,12,14-15H,3-5,13,16H2,1-2H3. The van der Waals surface area contributed by atoms with Gasteiger partial charge in [-0.2, -0.15) is 0 Å². The molecule has 1 aliphatic rings. The van der Waals surface area contributed by atoms with Crippen LogP contribution in [0.4, 0.5) is 0 Å². The average molecular weight is 357 g/mol. The third-order valence-corrected chi connectivity index (χ3v) is 5.13. The highest BCUT2D eigenvalue weighted by Crippen LogP contribution is 2.15. The van der Waals surface area contributed by atoms with E-state index in [0.29, 0.717) is 12.2 Å². The van der Waals surface area contributed by atoms with Crippen LogP contribution in [0.3, 0.4) is 0 Å². The number of rotatable bonds is 1. The van der Waals surface area contributed by atoms with Crippen molar-refractivity contribution >= 4 is 5.65 Å². The van der Waals surface area contributed by atoms with Gasteiger partial charge < -0.3 is 0 Å². The molecule has 0 bridgehead atoms. The fourth-order valence-electron chi connectivity index (χ4n) is 3.49. The fraction of sp³-hybridized carbons (Fsp3) is 0.304. The summed E-state index contributed by atoms with van der Waals surface area (Å²) in [6.07, 6.45) is 3.69. The number of hydrogen-bond donors (Lipinski definition) is 0. The molecular weight excluding hydrogens is 334 g/mol. The van der Waals surface area contributed by atoms with Crippen molar-refractivity contribution in [3.63, 3.8) is 0 Å². The van der Waals surface area contributed by atoms with E-state index in [1.165, 1.54) is 5.56 Å². The minimum absolute atomic E-state index is 0.0494. The molecule has 136 valence electrons. The molecule has 27 heavy (non-hydrogen) atoms. The third kappa shape index (κ3) is 3.65. The Bertz CT molecular complexity index is 1100. The first-order chi connectivity index (χ1) is 13.1. The van der Waals surface area contributed by atoms with Gasteiger partial charge >= 0.3 is 0 Å². The third-order valence-electron chi connectivity index (χ3n) is 5.13. The highest BCUT2D eigenvalue weighted by molar-refractivity contribution is 5.51. The highest BCUT2D eigenvalue weighted by atomic mass is 16.1. The van der Waals surface area contributed by atoms with E-state index in [-0.39, 0.29) is 5.56 Å². The van der Waals surface area contributed by atoms with Gasteiger partial charge in [0.1, 0.15) is 5.65 Å². The zero-order chi connectivity index (χ0) is 18.8. The van der Waals surface area contributed by atoms with E-state index >= 15 is 0 Å². The second-order valence-electron chi connectivity index (χ2n) is 7.07. The summed E-state index contributed by atoms with van der Waals surface area (Å²) in [4.78, 5) is 20.1. The quantitative estimate of drug-likeness (QED) is 0.628. The van der Waals surface area contributed by atoms with E-state index in [4.69, 9.17) is 4.98 Å². The van der Waals surface area contributed by atoms with Crippen molar-refractivity contribution in [1.29, 1.82) is 0 Å². The van der Waals surface area contributed by atoms with Crippen LogP contribution in [0.5, 0.6) is 0 Å².